The number of ether oxygens (including phenoxy) is 1. The van der Waals surface area contributed by atoms with E-state index in [4.69, 9.17) is 16.3 Å². The quantitative estimate of drug-likeness (QED) is 0.670. The predicted molar refractivity (Wildman–Crippen MR) is 109 cm³/mol. The lowest BCUT2D eigenvalue weighted by Gasteiger charge is -2.23. The average molecular weight is 439 g/mol. The maximum absolute atomic E-state index is 13.4. The minimum Gasteiger partial charge on any atom is -0.494 e. The molecule has 2 amide bonds. The third kappa shape index (κ3) is 3.79. The lowest BCUT2D eigenvalue weighted by atomic mass is 10.1. The van der Waals surface area contributed by atoms with Crippen molar-refractivity contribution in [3.63, 3.8) is 0 Å². The van der Waals surface area contributed by atoms with Crippen LogP contribution in [0.3, 0.4) is 0 Å². The maximum atomic E-state index is 13.4. The number of anilines is 1. The zero-order chi connectivity index (χ0) is 20.8. The third-order valence-corrected chi connectivity index (χ3v) is 7.31. The molecule has 0 aromatic heterocycles. The summed E-state index contributed by atoms with van der Waals surface area (Å²) < 4.78 is 43.4. The number of benzene rings is 2. The van der Waals surface area contributed by atoms with Gasteiger partial charge in [-0.15, -0.1) is 0 Å². The van der Waals surface area contributed by atoms with Crippen LogP contribution in [-0.4, -0.2) is 49.5 Å². The number of hydrogen-bond donors (Lipinski definition) is 0. The summed E-state index contributed by atoms with van der Waals surface area (Å²) in [6.45, 7) is 2.52. The summed E-state index contributed by atoms with van der Waals surface area (Å²) in [4.78, 5) is 16.3. The van der Waals surface area contributed by atoms with Gasteiger partial charge >= 0.3 is 6.03 Å². The minimum atomic E-state index is -3.28. The van der Waals surface area contributed by atoms with E-state index in [1.54, 1.807) is 24.3 Å². The summed E-state index contributed by atoms with van der Waals surface area (Å²) in [6.07, 6.45) is 0. The van der Waals surface area contributed by atoms with Crippen LogP contribution >= 0.6 is 11.6 Å². The van der Waals surface area contributed by atoms with E-state index < -0.39 is 27.7 Å². The molecular formula is C20H20ClFN2O4S. The molecule has 0 radical (unpaired) electrons. The van der Waals surface area contributed by atoms with Crippen LogP contribution in [0.1, 0.15) is 12.5 Å². The Balaban J connectivity index is 1.67. The van der Waals surface area contributed by atoms with Crippen LogP contribution in [0.25, 0.3) is 0 Å². The predicted octanol–water partition coefficient (Wildman–Crippen LogP) is 3.49. The van der Waals surface area contributed by atoms with E-state index in [9.17, 15) is 17.6 Å². The molecule has 2 aliphatic rings. The number of nitrogens with zero attached hydrogens (tertiary/aromatic N) is 2. The highest BCUT2D eigenvalue weighted by Crippen LogP contribution is 2.37. The van der Waals surface area contributed by atoms with Gasteiger partial charge < -0.3 is 9.64 Å². The van der Waals surface area contributed by atoms with Gasteiger partial charge in [-0.25, -0.2) is 17.6 Å². The molecule has 0 saturated carbocycles. The topological polar surface area (TPSA) is 66.9 Å². The second-order valence-electron chi connectivity index (χ2n) is 7.15. The van der Waals surface area contributed by atoms with Crippen LogP contribution in [0.4, 0.5) is 14.9 Å². The lowest BCUT2D eigenvalue weighted by Crippen LogP contribution is -2.37. The van der Waals surface area contributed by atoms with Gasteiger partial charge in [0.2, 0.25) is 0 Å². The first-order valence-corrected chi connectivity index (χ1v) is 11.5. The van der Waals surface area contributed by atoms with E-state index in [-0.39, 0.29) is 29.1 Å². The Morgan fingerprint density at radius 3 is 2.48 bits per heavy atom. The molecule has 0 aliphatic carbocycles. The number of hydrogen-bond acceptors (Lipinski definition) is 4. The van der Waals surface area contributed by atoms with Crippen molar-refractivity contribution in [3.8, 4) is 5.75 Å². The Bertz CT molecular complexity index is 1040. The van der Waals surface area contributed by atoms with Crippen molar-refractivity contribution in [2.45, 2.75) is 25.6 Å². The fourth-order valence-electron chi connectivity index (χ4n) is 3.97. The van der Waals surface area contributed by atoms with E-state index in [1.807, 2.05) is 6.92 Å². The van der Waals surface area contributed by atoms with E-state index in [0.29, 0.717) is 23.6 Å². The number of carbonyl (C=O) groups excluding carboxylic acids is 1. The van der Waals surface area contributed by atoms with E-state index in [2.05, 4.69) is 0 Å². The lowest BCUT2D eigenvalue weighted by molar-refractivity contribution is 0.206. The number of sulfone groups is 1. The molecular weight excluding hydrogens is 419 g/mol. The van der Waals surface area contributed by atoms with Crippen molar-refractivity contribution in [1.82, 2.24) is 4.90 Å². The molecule has 2 saturated heterocycles. The van der Waals surface area contributed by atoms with Crippen molar-refractivity contribution in [2.24, 2.45) is 0 Å². The number of urea groups is 1. The van der Waals surface area contributed by atoms with Gasteiger partial charge in [-0.05, 0) is 48.9 Å². The SMILES string of the molecule is CCOc1ccc(N2C(=O)N(Cc3ccc(F)cc3Cl)[C@@H]3CS(=O)(=O)C[C@@H]32)cc1. The number of amides is 2. The molecule has 2 atom stereocenters. The first kappa shape index (κ1) is 20.0. The van der Waals surface area contributed by atoms with E-state index in [0.717, 1.165) is 0 Å². The van der Waals surface area contributed by atoms with Crippen LogP contribution in [0.15, 0.2) is 42.5 Å². The van der Waals surface area contributed by atoms with Crippen molar-refractivity contribution < 1.29 is 22.3 Å². The van der Waals surface area contributed by atoms with Crippen molar-refractivity contribution in [1.29, 1.82) is 0 Å². The maximum Gasteiger partial charge on any atom is 0.325 e. The molecule has 0 spiro atoms. The average Bonchev–Trinajstić information content (AvgIpc) is 3.09. The van der Waals surface area contributed by atoms with Gasteiger partial charge in [0.1, 0.15) is 11.6 Å². The van der Waals surface area contributed by atoms with Gasteiger partial charge in [0.05, 0.1) is 30.2 Å². The number of carbonyl (C=O) groups is 1. The van der Waals surface area contributed by atoms with Gasteiger partial charge in [-0.1, -0.05) is 17.7 Å². The summed E-state index contributed by atoms with van der Waals surface area (Å²) in [5.74, 6) is 0.0114. The monoisotopic (exact) mass is 438 g/mol. The largest absolute Gasteiger partial charge is 0.494 e. The molecule has 2 heterocycles. The van der Waals surface area contributed by atoms with Crippen LogP contribution in [-0.2, 0) is 16.4 Å². The van der Waals surface area contributed by atoms with Gasteiger partial charge in [0.15, 0.2) is 9.84 Å². The van der Waals surface area contributed by atoms with Crippen LogP contribution in [0.2, 0.25) is 5.02 Å². The minimum absolute atomic E-state index is 0.0930. The number of fused-ring (bicyclic) bond motifs is 1. The van der Waals surface area contributed by atoms with Crippen LogP contribution < -0.4 is 9.64 Å². The molecule has 9 heteroatoms. The molecule has 2 aromatic rings. The van der Waals surface area contributed by atoms with Gasteiger partial charge in [0, 0.05) is 17.3 Å². The fraction of sp³-hybridized carbons (Fsp3) is 0.350. The Hall–Kier alpha value is -2.32. The smallest absolute Gasteiger partial charge is 0.325 e. The first-order chi connectivity index (χ1) is 13.8. The molecule has 2 aromatic carbocycles. The van der Waals surface area contributed by atoms with Gasteiger partial charge in [0.25, 0.3) is 0 Å². The second-order valence-corrected chi connectivity index (χ2v) is 9.72. The molecule has 2 aliphatic heterocycles. The molecule has 0 unspecified atom stereocenters. The van der Waals surface area contributed by atoms with Crippen molar-refractivity contribution in [2.75, 3.05) is 23.0 Å². The third-order valence-electron chi connectivity index (χ3n) is 5.26. The zero-order valence-electron chi connectivity index (χ0n) is 15.7. The Morgan fingerprint density at radius 1 is 1.14 bits per heavy atom. The first-order valence-electron chi connectivity index (χ1n) is 9.26. The van der Waals surface area contributed by atoms with Crippen LogP contribution in [0.5, 0.6) is 5.75 Å². The van der Waals surface area contributed by atoms with E-state index in [1.165, 1.54) is 28.0 Å². The number of halogens is 2. The second kappa shape index (κ2) is 7.50. The van der Waals surface area contributed by atoms with Crippen LogP contribution in [0, 0.1) is 5.82 Å². The van der Waals surface area contributed by atoms with Gasteiger partial charge in [-0.3, -0.25) is 4.90 Å². The molecule has 2 fully saturated rings. The summed E-state index contributed by atoms with van der Waals surface area (Å²) >= 11 is 6.13. The summed E-state index contributed by atoms with van der Waals surface area (Å²) in [5.41, 5.74) is 1.18. The molecule has 29 heavy (non-hydrogen) atoms. The molecule has 4 rings (SSSR count). The Morgan fingerprint density at radius 2 is 1.83 bits per heavy atom. The van der Waals surface area contributed by atoms with E-state index >= 15 is 0 Å². The number of rotatable bonds is 5. The highest BCUT2D eigenvalue weighted by atomic mass is 35.5. The standard InChI is InChI=1S/C20H20ClFN2O4S/c1-2-28-16-7-5-15(6-8-16)24-19-12-29(26,27)11-18(19)23(20(24)25)10-13-3-4-14(22)9-17(13)21/h3-9,18-19H,2,10-12H2,1H3/t18-,19+/m1/s1. The molecule has 0 N–H and O–H groups in total. The Labute approximate surface area is 173 Å². The molecule has 6 nitrogen and oxygen atoms in total. The molecule has 154 valence electrons. The zero-order valence-corrected chi connectivity index (χ0v) is 17.3. The normalized spacial score (nSPS) is 22.8. The van der Waals surface area contributed by atoms with Crippen molar-refractivity contribution in [3.05, 3.63) is 58.9 Å². The summed E-state index contributed by atoms with van der Waals surface area (Å²) in [5, 5.41) is 0.203. The highest BCUT2D eigenvalue weighted by Gasteiger charge is 2.53. The van der Waals surface area contributed by atoms with Gasteiger partial charge in [-0.2, -0.15) is 0 Å². The Kier molecular flexibility index (Phi) is 5.16. The fourth-order valence-corrected chi connectivity index (χ4v) is 6.14. The highest BCUT2D eigenvalue weighted by molar-refractivity contribution is 7.91. The molecule has 0 bridgehead atoms. The van der Waals surface area contributed by atoms with Crippen molar-refractivity contribution >= 4 is 33.2 Å². The summed E-state index contributed by atoms with van der Waals surface area (Å²) in [7, 11) is -3.28. The summed E-state index contributed by atoms with van der Waals surface area (Å²) in [6, 6.07) is 9.72.